The molecule has 2 nitrogen and oxygen atoms in total. The van der Waals surface area contributed by atoms with Gasteiger partial charge in [0.15, 0.2) is 0 Å². The summed E-state index contributed by atoms with van der Waals surface area (Å²) in [6.45, 7) is 13.3. The molecule has 0 fully saturated rings. The van der Waals surface area contributed by atoms with Crippen molar-refractivity contribution in [1.82, 2.24) is 0 Å². The van der Waals surface area contributed by atoms with Gasteiger partial charge in [0.25, 0.3) is 0 Å². The summed E-state index contributed by atoms with van der Waals surface area (Å²) in [5, 5.41) is 0. The molecule has 0 spiro atoms. The molecule has 0 heterocycles. The van der Waals surface area contributed by atoms with Gasteiger partial charge in [0.2, 0.25) is 0 Å². The summed E-state index contributed by atoms with van der Waals surface area (Å²) in [6.07, 6.45) is 0. The van der Waals surface area contributed by atoms with Crippen LogP contribution in [0.25, 0.3) is 0 Å². The fourth-order valence-corrected chi connectivity index (χ4v) is 2.01. The molecule has 18 heavy (non-hydrogen) atoms. The van der Waals surface area contributed by atoms with E-state index >= 15 is 0 Å². The molecule has 0 aliphatic carbocycles. The van der Waals surface area contributed by atoms with Crippen molar-refractivity contribution in [2.45, 2.75) is 33.7 Å². The molecule has 100 valence electrons. The molecule has 1 rings (SSSR count). The van der Waals surface area contributed by atoms with Crippen LogP contribution < -0.4 is 10.6 Å². The maximum atomic E-state index is 13.7. The number of nitrogens with two attached hydrogens (primary N) is 1. The minimum absolute atomic E-state index is 0.186. The van der Waals surface area contributed by atoms with E-state index in [4.69, 9.17) is 5.73 Å². The quantitative estimate of drug-likeness (QED) is 0.810. The second kappa shape index (κ2) is 6.01. The van der Waals surface area contributed by atoms with Crippen LogP contribution in [0.4, 0.5) is 10.1 Å². The molecule has 0 saturated carbocycles. The van der Waals surface area contributed by atoms with Gasteiger partial charge in [-0.2, -0.15) is 0 Å². The predicted octanol–water partition coefficient (Wildman–Crippen LogP) is 3.56. The molecule has 1 unspecified atom stereocenters. The third kappa shape index (κ3) is 3.33. The van der Waals surface area contributed by atoms with E-state index in [2.05, 4.69) is 18.4 Å². The average Bonchev–Trinajstić information content (AvgIpc) is 2.28. The number of benzene rings is 1. The van der Waals surface area contributed by atoms with Gasteiger partial charge < -0.3 is 10.6 Å². The van der Waals surface area contributed by atoms with E-state index in [-0.39, 0.29) is 11.9 Å². The van der Waals surface area contributed by atoms with Crippen LogP contribution in [0.5, 0.6) is 0 Å². The van der Waals surface area contributed by atoms with Gasteiger partial charge in [0, 0.05) is 24.8 Å². The monoisotopic (exact) mass is 250 g/mol. The van der Waals surface area contributed by atoms with Crippen molar-refractivity contribution in [3.8, 4) is 0 Å². The van der Waals surface area contributed by atoms with Crippen LogP contribution in [-0.2, 0) is 0 Å². The molecular weight excluding hydrogens is 227 g/mol. The second-order valence-corrected chi connectivity index (χ2v) is 4.92. The fourth-order valence-electron chi connectivity index (χ4n) is 2.01. The summed E-state index contributed by atoms with van der Waals surface area (Å²) in [6, 6.07) is 3.24. The van der Waals surface area contributed by atoms with Gasteiger partial charge in [0.05, 0.1) is 0 Å². The molecule has 0 radical (unpaired) electrons. The maximum absolute atomic E-state index is 13.7. The van der Waals surface area contributed by atoms with Crippen molar-refractivity contribution >= 4 is 5.69 Å². The molecule has 1 aromatic rings. The van der Waals surface area contributed by atoms with Crippen LogP contribution in [0.15, 0.2) is 24.3 Å². The zero-order chi connectivity index (χ0) is 13.9. The van der Waals surface area contributed by atoms with Gasteiger partial charge in [0.1, 0.15) is 5.82 Å². The van der Waals surface area contributed by atoms with Gasteiger partial charge in [-0.3, -0.25) is 0 Å². The molecule has 0 bridgehead atoms. The summed E-state index contributed by atoms with van der Waals surface area (Å²) in [4.78, 5) is 2.17. The Balaban J connectivity index is 3.26. The second-order valence-electron chi connectivity index (χ2n) is 4.92. The first-order chi connectivity index (χ1) is 8.36. The number of halogens is 1. The molecule has 0 saturated heterocycles. The molecule has 0 aromatic heterocycles. The van der Waals surface area contributed by atoms with Gasteiger partial charge in [-0.15, -0.1) is 0 Å². The standard InChI is InChI=1S/C15H23FN2/c1-6-18(9-10(2)3)15-7-11(4)14(16)8-13(15)12(5)17/h7-8,12H,2,6,9,17H2,1,3-5H3. The highest BCUT2D eigenvalue weighted by Gasteiger charge is 2.15. The van der Waals surface area contributed by atoms with Crippen molar-refractivity contribution < 1.29 is 4.39 Å². The topological polar surface area (TPSA) is 29.3 Å². The average molecular weight is 250 g/mol. The summed E-state index contributed by atoms with van der Waals surface area (Å²) >= 11 is 0. The lowest BCUT2D eigenvalue weighted by atomic mass is 10.0. The summed E-state index contributed by atoms with van der Waals surface area (Å²) in [7, 11) is 0. The Hall–Kier alpha value is -1.35. The van der Waals surface area contributed by atoms with Gasteiger partial charge in [-0.1, -0.05) is 12.2 Å². The lowest BCUT2D eigenvalue weighted by Gasteiger charge is -2.27. The lowest BCUT2D eigenvalue weighted by Crippen LogP contribution is -2.27. The summed E-state index contributed by atoms with van der Waals surface area (Å²) in [5.74, 6) is -0.197. The molecule has 0 aliphatic heterocycles. The van der Waals surface area contributed by atoms with E-state index < -0.39 is 0 Å². The Labute approximate surface area is 109 Å². The van der Waals surface area contributed by atoms with Crippen LogP contribution in [-0.4, -0.2) is 13.1 Å². The van der Waals surface area contributed by atoms with E-state index in [1.54, 1.807) is 13.0 Å². The number of aryl methyl sites for hydroxylation is 1. The first-order valence-electron chi connectivity index (χ1n) is 6.31. The number of anilines is 1. The Morgan fingerprint density at radius 1 is 1.50 bits per heavy atom. The van der Waals surface area contributed by atoms with Crippen molar-refractivity contribution in [3.05, 3.63) is 41.2 Å². The van der Waals surface area contributed by atoms with Gasteiger partial charge in [-0.05, 0) is 51.0 Å². The van der Waals surface area contributed by atoms with Crippen LogP contribution in [0.3, 0.4) is 0 Å². The third-order valence-electron chi connectivity index (χ3n) is 2.98. The van der Waals surface area contributed by atoms with Gasteiger partial charge in [-0.25, -0.2) is 4.39 Å². The zero-order valence-electron chi connectivity index (χ0n) is 11.8. The van der Waals surface area contributed by atoms with Crippen LogP contribution in [0.2, 0.25) is 0 Å². The predicted molar refractivity (Wildman–Crippen MR) is 76.4 cm³/mol. The first-order valence-corrected chi connectivity index (χ1v) is 6.31. The Morgan fingerprint density at radius 3 is 2.56 bits per heavy atom. The molecule has 2 N–H and O–H groups in total. The number of rotatable bonds is 5. The Morgan fingerprint density at radius 2 is 2.11 bits per heavy atom. The summed E-state index contributed by atoms with van der Waals surface area (Å²) < 4.78 is 13.7. The summed E-state index contributed by atoms with van der Waals surface area (Å²) in [5.41, 5.74) is 9.52. The first kappa shape index (κ1) is 14.7. The largest absolute Gasteiger partial charge is 0.368 e. The number of nitrogens with zero attached hydrogens (tertiary/aromatic N) is 1. The number of hydrogen-bond acceptors (Lipinski definition) is 2. The third-order valence-corrected chi connectivity index (χ3v) is 2.98. The zero-order valence-corrected chi connectivity index (χ0v) is 11.8. The van der Waals surface area contributed by atoms with Crippen molar-refractivity contribution in [3.63, 3.8) is 0 Å². The normalized spacial score (nSPS) is 12.3. The lowest BCUT2D eigenvalue weighted by molar-refractivity contribution is 0.612. The van der Waals surface area contributed by atoms with E-state index in [9.17, 15) is 4.39 Å². The highest BCUT2D eigenvalue weighted by molar-refractivity contribution is 5.57. The number of likely N-dealkylation sites (N-methyl/N-ethyl adjacent to an activating group) is 1. The SMILES string of the molecule is C=C(C)CN(CC)c1cc(C)c(F)cc1C(C)N. The maximum Gasteiger partial charge on any atom is 0.126 e. The molecule has 1 atom stereocenters. The van der Waals surface area contributed by atoms with Crippen LogP contribution in [0, 0.1) is 12.7 Å². The van der Waals surface area contributed by atoms with E-state index in [1.165, 1.54) is 0 Å². The van der Waals surface area contributed by atoms with Crippen molar-refractivity contribution in [2.75, 3.05) is 18.0 Å². The fraction of sp³-hybridized carbons (Fsp3) is 0.467. The van der Waals surface area contributed by atoms with E-state index in [0.717, 1.165) is 29.9 Å². The van der Waals surface area contributed by atoms with Crippen LogP contribution in [0.1, 0.15) is 37.9 Å². The van der Waals surface area contributed by atoms with Crippen molar-refractivity contribution in [2.24, 2.45) is 5.73 Å². The molecular formula is C15H23FN2. The smallest absolute Gasteiger partial charge is 0.126 e. The number of hydrogen-bond donors (Lipinski definition) is 1. The minimum atomic E-state index is -0.197. The molecule has 3 heteroatoms. The molecule has 1 aromatic carbocycles. The molecule has 0 aliphatic rings. The van der Waals surface area contributed by atoms with E-state index in [0.29, 0.717) is 5.56 Å². The van der Waals surface area contributed by atoms with Gasteiger partial charge >= 0.3 is 0 Å². The Kier molecular flexibility index (Phi) is 4.91. The van der Waals surface area contributed by atoms with Crippen LogP contribution >= 0.6 is 0 Å². The van der Waals surface area contributed by atoms with E-state index in [1.807, 2.05) is 19.9 Å². The van der Waals surface area contributed by atoms with Crippen molar-refractivity contribution in [1.29, 1.82) is 0 Å². The highest BCUT2D eigenvalue weighted by Crippen LogP contribution is 2.28. The molecule has 0 amide bonds. The highest BCUT2D eigenvalue weighted by atomic mass is 19.1. The Bertz CT molecular complexity index is 438. The minimum Gasteiger partial charge on any atom is -0.368 e.